The number of pyridine rings is 4. The molecule has 6 aromatic heterocycles. The van der Waals surface area contributed by atoms with E-state index < -0.39 is 0 Å². The van der Waals surface area contributed by atoms with Crippen LogP contribution in [0.3, 0.4) is 0 Å². The lowest BCUT2D eigenvalue weighted by atomic mass is 10.1. The summed E-state index contributed by atoms with van der Waals surface area (Å²) < 4.78 is 10.6. The molecule has 9 rings (SSSR count). The van der Waals surface area contributed by atoms with E-state index in [1.807, 2.05) is 65.5 Å². The van der Waals surface area contributed by atoms with Crippen molar-refractivity contribution in [3.63, 3.8) is 0 Å². The molecule has 3 aromatic carbocycles. The summed E-state index contributed by atoms with van der Waals surface area (Å²) in [4.78, 5) is 19.0. The van der Waals surface area contributed by atoms with E-state index in [-0.39, 0.29) is 0 Å². The minimum Gasteiger partial charge on any atom is -0.457 e. The van der Waals surface area contributed by atoms with Gasteiger partial charge in [-0.15, -0.1) is 0 Å². The van der Waals surface area contributed by atoms with Crippen LogP contribution in [0.4, 0.5) is 0 Å². The van der Waals surface area contributed by atoms with E-state index in [1.165, 1.54) is 0 Å². The molecule has 0 amide bonds. The van der Waals surface area contributed by atoms with Gasteiger partial charge in [0, 0.05) is 58.1 Å². The van der Waals surface area contributed by atoms with Gasteiger partial charge in [-0.1, -0.05) is 30.3 Å². The topological polar surface area (TPSA) is 69.6 Å². The van der Waals surface area contributed by atoms with Gasteiger partial charge >= 0.3 is 0 Å². The normalized spacial score (nSPS) is 11.9. The summed E-state index contributed by atoms with van der Waals surface area (Å²) in [6, 6.07) is 30.6. The molecule has 41 heavy (non-hydrogen) atoms. The number of benzene rings is 3. The molecule has 0 unspecified atom stereocenters. The van der Waals surface area contributed by atoms with Gasteiger partial charge in [0.15, 0.2) is 0 Å². The molecular weight excluding hydrogens is 508 g/mol. The largest absolute Gasteiger partial charge is 0.457 e. The zero-order valence-corrected chi connectivity index (χ0v) is 21.6. The average Bonchev–Trinajstić information content (AvgIpc) is 3.71. The predicted molar refractivity (Wildman–Crippen MR) is 162 cm³/mol. The van der Waals surface area contributed by atoms with Crippen LogP contribution >= 0.6 is 0 Å². The highest BCUT2D eigenvalue weighted by atomic mass is 16.5. The van der Waals surface area contributed by atoms with Gasteiger partial charge in [-0.3, -0.25) is 8.80 Å². The van der Waals surface area contributed by atoms with Crippen molar-refractivity contribution in [1.29, 1.82) is 0 Å². The van der Waals surface area contributed by atoms with Crippen molar-refractivity contribution < 1.29 is 4.74 Å². The van der Waals surface area contributed by atoms with Crippen molar-refractivity contribution in [1.82, 2.24) is 28.7 Å². The molecule has 0 aliphatic heterocycles. The molecule has 0 saturated heterocycles. The van der Waals surface area contributed by atoms with E-state index in [9.17, 15) is 0 Å². The maximum atomic E-state index is 6.48. The molecule has 7 heteroatoms. The Bertz CT molecular complexity index is 2460. The second-order valence-corrected chi connectivity index (χ2v) is 10.1. The Hall–Kier alpha value is -5.82. The third kappa shape index (κ3) is 3.26. The number of hydrogen-bond donors (Lipinski definition) is 0. The van der Waals surface area contributed by atoms with Crippen LogP contribution in [0.15, 0.2) is 122 Å². The van der Waals surface area contributed by atoms with Gasteiger partial charge in [-0.2, -0.15) is 0 Å². The molecule has 0 saturated carbocycles. The number of imidazole rings is 2. The van der Waals surface area contributed by atoms with Gasteiger partial charge in [0.2, 0.25) is 0 Å². The molecule has 0 atom stereocenters. The Morgan fingerprint density at radius 3 is 1.80 bits per heavy atom. The molecule has 7 nitrogen and oxygen atoms in total. The van der Waals surface area contributed by atoms with Crippen molar-refractivity contribution in [3.05, 3.63) is 122 Å². The summed E-state index contributed by atoms with van der Waals surface area (Å²) >= 11 is 0. The fraction of sp³-hybridized carbons (Fsp3) is 0. The maximum absolute atomic E-state index is 6.48. The fourth-order valence-electron chi connectivity index (χ4n) is 5.90. The molecule has 9 aromatic rings. The molecule has 0 spiro atoms. The first kappa shape index (κ1) is 22.0. The highest BCUT2D eigenvalue weighted by Gasteiger charge is 2.15. The quantitative estimate of drug-likeness (QED) is 0.219. The molecule has 192 valence electrons. The van der Waals surface area contributed by atoms with E-state index in [4.69, 9.17) is 14.7 Å². The minimum absolute atomic E-state index is 0.730. The number of hydrogen-bond acceptors (Lipinski definition) is 5. The summed E-state index contributed by atoms with van der Waals surface area (Å²) in [6.07, 6.45) is 9.44. The third-order valence-corrected chi connectivity index (χ3v) is 7.73. The highest BCUT2D eigenvalue weighted by molar-refractivity contribution is 6.12. The minimum atomic E-state index is 0.730. The summed E-state index contributed by atoms with van der Waals surface area (Å²) in [6.45, 7) is 0. The Kier molecular flexibility index (Phi) is 4.48. The van der Waals surface area contributed by atoms with Crippen LogP contribution in [-0.2, 0) is 0 Å². The molecule has 0 aliphatic rings. The Morgan fingerprint density at radius 2 is 1.10 bits per heavy atom. The van der Waals surface area contributed by atoms with E-state index in [0.29, 0.717) is 0 Å². The average molecular weight is 529 g/mol. The van der Waals surface area contributed by atoms with Crippen LogP contribution < -0.4 is 4.74 Å². The Labute approximate surface area is 233 Å². The zero-order valence-electron chi connectivity index (χ0n) is 21.6. The first-order valence-corrected chi connectivity index (χ1v) is 13.4. The van der Waals surface area contributed by atoms with Crippen LogP contribution in [0.2, 0.25) is 0 Å². The molecule has 0 N–H and O–H groups in total. The standard InChI is InChI=1S/C34H20N6O/c1-2-6-21(7-3-1)30-20-40-32-27(9-5-15-36-32)25-13-11-23(19-29(25)34(40)38-30)41-22-10-12-24-26-8-4-14-35-31(26)39-17-16-37-33(39)28(24)18-22/h1-20H. The summed E-state index contributed by atoms with van der Waals surface area (Å²) in [5.41, 5.74) is 5.41. The molecule has 0 radical (unpaired) electrons. The highest BCUT2D eigenvalue weighted by Crippen LogP contribution is 2.36. The van der Waals surface area contributed by atoms with Crippen molar-refractivity contribution in [3.8, 4) is 22.8 Å². The van der Waals surface area contributed by atoms with Gasteiger partial charge in [-0.05, 0) is 71.4 Å². The number of ether oxygens (including phenoxy) is 1. The predicted octanol–water partition coefficient (Wildman–Crippen LogP) is 7.84. The second kappa shape index (κ2) is 8.34. The van der Waals surface area contributed by atoms with Crippen molar-refractivity contribution >= 4 is 54.9 Å². The number of rotatable bonds is 3. The first-order valence-electron chi connectivity index (χ1n) is 13.4. The van der Waals surface area contributed by atoms with Crippen molar-refractivity contribution in [2.75, 3.05) is 0 Å². The lowest BCUT2D eigenvalue weighted by molar-refractivity contribution is 0.484. The van der Waals surface area contributed by atoms with Crippen LogP contribution in [0.25, 0.3) is 66.2 Å². The van der Waals surface area contributed by atoms with Crippen LogP contribution in [-0.4, -0.2) is 28.7 Å². The Morgan fingerprint density at radius 1 is 0.488 bits per heavy atom. The molecule has 0 fully saturated rings. The summed E-state index contributed by atoms with van der Waals surface area (Å²) in [7, 11) is 0. The van der Waals surface area contributed by atoms with Gasteiger partial charge in [0.1, 0.15) is 34.1 Å². The van der Waals surface area contributed by atoms with E-state index in [1.54, 1.807) is 6.20 Å². The molecule has 6 heterocycles. The fourth-order valence-corrected chi connectivity index (χ4v) is 5.90. The smallest absolute Gasteiger partial charge is 0.147 e. The first-order chi connectivity index (χ1) is 20.3. The van der Waals surface area contributed by atoms with Gasteiger partial charge in [-0.25, -0.2) is 19.9 Å². The lowest BCUT2D eigenvalue weighted by Gasteiger charge is -2.12. The lowest BCUT2D eigenvalue weighted by Crippen LogP contribution is -1.94. The second-order valence-electron chi connectivity index (χ2n) is 10.1. The molecular formula is C34H20N6O. The summed E-state index contributed by atoms with van der Waals surface area (Å²) in [5, 5.41) is 6.31. The van der Waals surface area contributed by atoms with E-state index in [0.717, 1.165) is 77.7 Å². The maximum Gasteiger partial charge on any atom is 0.147 e. The van der Waals surface area contributed by atoms with E-state index >= 15 is 0 Å². The van der Waals surface area contributed by atoms with Crippen molar-refractivity contribution in [2.24, 2.45) is 0 Å². The third-order valence-electron chi connectivity index (χ3n) is 7.73. The zero-order chi connectivity index (χ0) is 26.9. The van der Waals surface area contributed by atoms with Gasteiger partial charge in [0.05, 0.1) is 5.69 Å². The Balaban J connectivity index is 1.23. The van der Waals surface area contributed by atoms with Gasteiger partial charge in [0.25, 0.3) is 0 Å². The van der Waals surface area contributed by atoms with Crippen LogP contribution in [0, 0.1) is 0 Å². The van der Waals surface area contributed by atoms with Gasteiger partial charge < -0.3 is 4.74 Å². The molecule has 0 bridgehead atoms. The monoisotopic (exact) mass is 528 g/mol. The van der Waals surface area contributed by atoms with Crippen molar-refractivity contribution in [2.45, 2.75) is 0 Å². The van der Waals surface area contributed by atoms with E-state index in [2.05, 4.69) is 69.1 Å². The molecule has 0 aliphatic carbocycles. The SMILES string of the molecule is c1ccc(-c2cn3c4ncccc4c4ccc(Oc5ccc6c7cccnc7n7ccnc7c6c5)cc4c3n2)cc1. The van der Waals surface area contributed by atoms with Crippen LogP contribution in [0.5, 0.6) is 11.5 Å². The van der Waals surface area contributed by atoms with Crippen LogP contribution in [0.1, 0.15) is 0 Å². The number of fused-ring (bicyclic) bond motifs is 12. The number of nitrogens with zero attached hydrogens (tertiary/aromatic N) is 6. The number of aromatic nitrogens is 6. The summed E-state index contributed by atoms with van der Waals surface area (Å²) in [5.74, 6) is 1.46.